The molecule has 0 bridgehead atoms. The van der Waals surface area contributed by atoms with Gasteiger partial charge >= 0.3 is 30.1 Å². The number of aliphatic carboxylic acids is 1. The lowest BCUT2D eigenvalue weighted by Gasteiger charge is -2.49. The lowest BCUT2D eigenvalue weighted by molar-refractivity contribution is -0.151. The molecule has 0 radical (unpaired) electrons. The van der Waals surface area contributed by atoms with Crippen LogP contribution >= 0.6 is 11.8 Å². The zero-order valence-electron chi connectivity index (χ0n) is 21.4. The number of hydrogen-bond donors (Lipinski definition) is 3. The molecule has 3 N–H and O–H groups in total. The number of nitrogens with one attached hydrogen (secondary N) is 2. The molecule has 16 heteroatoms. The minimum atomic E-state index is -1.35. The zero-order chi connectivity index (χ0) is 29.1. The first-order valence-corrected chi connectivity index (χ1v) is 13.0. The van der Waals surface area contributed by atoms with E-state index in [0.29, 0.717) is 5.56 Å². The molecule has 40 heavy (non-hydrogen) atoms. The van der Waals surface area contributed by atoms with Crippen LogP contribution in [0.4, 0.5) is 20.1 Å². The molecule has 2 atom stereocenters. The largest absolute Gasteiger partial charge is 0.477 e. The summed E-state index contributed by atoms with van der Waals surface area (Å²) in [5.74, 6) is -2.92. The Morgan fingerprint density at radius 3 is 2.48 bits per heavy atom. The summed E-state index contributed by atoms with van der Waals surface area (Å²) < 4.78 is 9.43. The minimum Gasteiger partial charge on any atom is -0.477 e. The number of para-hydroxylation sites is 1. The van der Waals surface area contributed by atoms with E-state index in [1.807, 2.05) is 0 Å². The van der Waals surface area contributed by atoms with Crippen molar-refractivity contribution in [1.29, 1.82) is 0 Å². The van der Waals surface area contributed by atoms with E-state index in [-0.39, 0.29) is 48.8 Å². The number of esters is 1. The Hall–Kier alpha value is -4.60. The maximum absolute atomic E-state index is 12.9. The molecule has 2 fully saturated rings. The lowest BCUT2D eigenvalue weighted by atomic mass is 10.0. The number of carboxylic acid groups (broad SMARTS) is 1. The zero-order valence-corrected chi connectivity index (χ0v) is 22.2. The number of rotatable bonds is 7. The van der Waals surface area contributed by atoms with Gasteiger partial charge in [0.2, 0.25) is 5.91 Å². The summed E-state index contributed by atoms with van der Waals surface area (Å²) in [4.78, 5) is 88.2. The Balaban J connectivity index is 1.39. The molecular weight excluding hydrogens is 550 g/mol. The highest BCUT2D eigenvalue weighted by atomic mass is 32.2. The van der Waals surface area contributed by atoms with Gasteiger partial charge in [0.1, 0.15) is 23.7 Å². The van der Waals surface area contributed by atoms with E-state index in [1.165, 1.54) is 24.8 Å². The number of thioether (sulfide) groups is 1. The highest BCUT2D eigenvalue weighted by Crippen LogP contribution is 2.40. The number of carboxylic acids is 1. The van der Waals surface area contributed by atoms with Gasteiger partial charge in [0, 0.05) is 23.9 Å². The van der Waals surface area contributed by atoms with Crippen molar-refractivity contribution in [3.63, 3.8) is 0 Å². The summed E-state index contributed by atoms with van der Waals surface area (Å²) in [6.07, 6.45) is -1.12. The van der Waals surface area contributed by atoms with E-state index in [1.54, 1.807) is 18.2 Å². The van der Waals surface area contributed by atoms with Crippen molar-refractivity contribution >= 4 is 59.4 Å². The molecule has 4 rings (SSSR count). The van der Waals surface area contributed by atoms with Crippen molar-refractivity contribution in [2.75, 3.05) is 37.9 Å². The van der Waals surface area contributed by atoms with Crippen molar-refractivity contribution in [1.82, 2.24) is 20.0 Å². The Bertz CT molecular complexity index is 1330. The van der Waals surface area contributed by atoms with Crippen LogP contribution in [0.15, 0.2) is 35.5 Å². The third-order valence-electron chi connectivity index (χ3n) is 6.28. The summed E-state index contributed by atoms with van der Waals surface area (Å²) in [5.41, 5.74) is 0.639. The first kappa shape index (κ1) is 28.4. The van der Waals surface area contributed by atoms with Gasteiger partial charge in [-0.15, -0.1) is 11.8 Å². The average molecular weight is 576 g/mol. The van der Waals surface area contributed by atoms with Crippen LogP contribution in [0.3, 0.4) is 0 Å². The van der Waals surface area contributed by atoms with Crippen LogP contribution < -0.4 is 10.6 Å². The summed E-state index contributed by atoms with van der Waals surface area (Å²) in [6, 6.07) is 3.74. The predicted octanol–water partition coefficient (Wildman–Crippen LogP) is 0.567. The van der Waals surface area contributed by atoms with E-state index in [4.69, 9.17) is 4.74 Å². The van der Waals surface area contributed by atoms with E-state index in [2.05, 4.69) is 15.4 Å². The maximum Gasteiger partial charge on any atom is 0.417 e. The smallest absolute Gasteiger partial charge is 0.417 e. The number of hydrogen-bond acceptors (Lipinski definition) is 10. The first-order valence-electron chi connectivity index (χ1n) is 11.9. The van der Waals surface area contributed by atoms with Crippen LogP contribution in [0, 0.1) is 0 Å². The molecule has 3 aliphatic rings. The van der Waals surface area contributed by atoms with Crippen LogP contribution in [0.1, 0.15) is 12.5 Å². The van der Waals surface area contributed by atoms with Gasteiger partial charge in [-0.2, -0.15) is 0 Å². The van der Waals surface area contributed by atoms with Gasteiger partial charge in [-0.3, -0.25) is 19.3 Å². The number of carbonyl (C=O) groups excluding carboxylic acids is 6. The van der Waals surface area contributed by atoms with Crippen molar-refractivity contribution < 1.29 is 48.1 Å². The number of nitrogens with zero attached hydrogens (tertiary/aromatic N) is 3. The number of anilines is 1. The van der Waals surface area contributed by atoms with Crippen molar-refractivity contribution in [2.45, 2.75) is 24.8 Å². The second-order valence-corrected chi connectivity index (χ2v) is 9.92. The van der Waals surface area contributed by atoms with Gasteiger partial charge < -0.3 is 25.2 Å². The standard InChI is InChI=1S/C24H25N5O10S/c1-12(30)39-10-14-11-40-20-17(19(32)29(20)18(14)21(33)34)26-16(31)9-13-5-3-4-6-15(13)25-22(35)27-7-8-28(23(27)36)24(37)38-2/h3-6,17,20H,7-11H2,1-2H3,(H,25,35)(H,26,31)(H,33,34)/t17?,20-/m1/s1. The van der Waals surface area contributed by atoms with Crippen molar-refractivity contribution in [3.8, 4) is 0 Å². The summed E-state index contributed by atoms with van der Waals surface area (Å²) in [7, 11) is 1.12. The number of carbonyl (C=O) groups is 7. The Labute approximate surface area is 231 Å². The molecule has 3 aliphatic heterocycles. The fourth-order valence-corrected chi connectivity index (χ4v) is 5.69. The van der Waals surface area contributed by atoms with E-state index < -0.39 is 53.3 Å². The molecule has 0 aromatic heterocycles. The molecule has 212 valence electrons. The lowest BCUT2D eigenvalue weighted by Crippen LogP contribution is -2.70. The number of benzene rings is 1. The molecule has 15 nitrogen and oxygen atoms in total. The molecule has 0 spiro atoms. The summed E-state index contributed by atoms with van der Waals surface area (Å²) in [5, 5.41) is 14.2. The van der Waals surface area contributed by atoms with Gasteiger partial charge in [0.25, 0.3) is 5.91 Å². The number of methoxy groups -OCH3 is 1. The predicted molar refractivity (Wildman–Crippen MR) is 137 cm³/mol. The Morgan fingerprint density at radius 1 is 1.10 bits per heavy atom. The number of amides is 7. The second-order valence-electron chi connectivity index (χ2n) is 8.81. The molecule has 3 heterocycles. The van der Waals surface area contributed by atoms with Crippen molar-refractivity contribution in [2.24, 2.45) is 0 Å². The van der Waals surface area contributed by atoms with E-state index >= 15 is 0 Å². The third kappa shape index (κ3) is 5.56. The van der Waals surface area contributed by atoms with Gasteiger partial charge in [-0.1, -0.05) is 18.2 Å². The van der Waals surface area contributed by atoms with Crippen LogP contribution in [0.5, 0.6) is 0 Å². The Kier molecular flexibility index (Phi) is 8.27. The van der Waals surface area contributed by atoms with Crippen LogP contribution in [-0.2, 0) is 35.1 Å². The van der Waals surface area contributed by atoms with E-state index in [0.717, 1.165) is 21.8 Å². The van der Waals surface area contributed by atoms with Gasteiger partial charge in [0.15, 0.2) is 0 Å². The van der Waals surface area contributed by atoms with Crippen LogP contribution in [-0.4, -0.2) is 106 Å². The average Bonchev–Trinajstić information content (AvgIpc) is 3.31. The maximum atomic E-state index is 12.9. The number of ether oxygens (including phenoxy) is 2. The van der Waals surface area contributed by atoms with E-state index in [9.17, 15) is 38.7 Å². The minimum absolute atomic E-state index is 0.0291. The van der Waals surface area contributed by atoms with Crippen molar-refractivity contribution in [3.05, 3.63) is 41.1 Å². The number of urea groups is 2. The fourth-order valence-electron chi connectivity index (χ4n) is 4.36. The first-order chi connectivity index (χ1) is 19.0. The monoisotopic (exact) mass is 575 g/mol. The number of fused-ring (bicyclic) bond motifs is 1. The molecular formula is C24H25N5O10S. The number of β-lactam (4-membered cyclic amide) rings is 1. The molecule has 1 aromatic carbocycles. The fraction of sp³-hybridized carbons (Fsp3) is 0.375. The highest BCUT2D eigenvalue weighted by molar-refractivity contribution is 8.00. The van der Waals surface area contributed by atoms with Crippen LogP contribution in [0.25, 0.3) is 0 Å². The topological polar surface area (TPSA) is 192 Å². The normalized spacial score (nSPS) is 20.0. The SMILES string of the molecule is COC(=O)N1CCN(C(=O)Nc2ccccc2CC(=O)NC2C(=O)N3C(C(=O)O)=C(COC(C)=O)CS[C@H]23)C1=O. The molecule has 1 aromatic rings. The summed E-state index contributed by atoms with van der Waals surface area (Å²) in [6.45, 7) is 0.855. The summed E-state index contributed by atoms with van der Waals surface area (Å²) >= 11 is 1.23. The number of imide groups is 2. The molecule has 1 unspecified atom stereocenters. The quantitative estimate of drug-likeness (QED) is 0.304. The third-order valence-corrected chi connectivity index (χ3v) is 7.61. The molecule has 0 saturated carbocycles. The molecule has 7 amide bonds. The van der Waals surface area contributed by atoms with Gasteiger partial charge in [0.05, 0.1) is 26.6 Å². The Morgan fingerprint density at radius 2 is 1.80 bits per heavy atom. The second kappa shape index (κ2) is 11.6. The highest BCUT2D eigenvalue weighted by Gasteiger charge is 2.54. The van der Waals surface area contributed by atoms with Gasteiger partial charge in [-0.05, 0) is 11.6 Å². The van der Waals surface area contributed by atoms with Crippen LogP contribution in [0.2, 0.25) is 0 Å². The molecule has 0 aliphatic carbocycles. The van der Waals surface area contributed by atoms with Gasteiger partial charge in [-0.25, -0.2) is 29.0 Å². The molecule has 2 saturated heterocycles.